The summed E-state index contributed by atoms with van der Waals surface area (Å²) in [6.45, 7) is 1.81. The van der Waals surface area contributed by atoms with Crippen molar-refractivity contribution in [3.8, 4) is 11.6 Å². The number of benzene rings is 1. The maximum absolute atomic E-state index is 13.3. The van der Waals surface area contributed by atoms with Crippen molar-refractivity contribution in [2.45, 2.75) is 6.92 Å². The number of hydrogen-bond donors (Lipinski definition) is 1. The third-order valence-electron chi connectivity index (χ3n) is 2.26. The van der Waals surface area contributed by atoms with Crippen LogP contribution in [0.4, 0.5) is 10.1 Å². The highest BCUT2D eigenvalue weighted by Gasteiger charge is 2.08. The van der Waals surface area contributed by atoms with Crippen LogP contribution in [0.25, 0.3) is 0 Å². The molecule has 1 aromatic heterocycles. The van der Waals surface area contributed by atoms with Crippen molar-refractivity contribution >= 4 is 5.69 Å². The predicted molar refractivity (Wildman–Crippen MR) is 59.9 cm³/mol. The molecule has 0 saturated carbocycles. The summed E-state index contributed by atoms with van der Waals surface area (Å²) in [5.41, 5.74) is 7.09. The molecule has 0 aliphatic heterocycles. The van der Waals surface area contributed by atoms with Crippen LogP contribution in [-0.4, -0.2) is 4.98 Å². The van der Waals surface area contributed by atoms with Crippen LogP contribution in [0.1, 0.15) is 5.56 Å². The highest BCUT2D eigenvalue weighted by molar-refractivity contribution is 5.53. The first-order valence-corrected chi connectivity index (χ1v) is 4.82. The molecular formula is C12H11FN2O. The second kappa shape index (κ2) is 4.18. The Balaban J connectivity index is 2.35. The van der Waals surface area contributed by atoms with Gasteiger partial charge in [-0.25, -0.2) is 9.37 Å². The van der Waals surface area contributed by atoms with Gasteiger partial charge in [0, 0.05) is 17.4 Å². The number of rotatable bonds is 2. The topological polar surface area (TPSA) is 48.1 Å². The SMILES string of the molecule is Cc1c(N)cccc1Oc1ncccc1F. The Bertz CT molecular complexity index is 514. The Kier molecular flexibility index (Phi) is 2.72. The van der Waals surface area contributed by atoms with Crippen LogP contribution >= 0.6 is 0 Å². The normalized spacial score (nSPS) is 10.1. The van der Waals surface area contributed by atoms with E-state index in [2.05, 4.69) is 4.98 Å². The summed E-state index contributed by atoms with van der Waals surface area (Å²) in [6.07, 6.45) is 1.47. The Morgan fingerprint density at radius 2 is 2.06 bits per heavy atom. The second-order valence-corrected chi connectivity index (χ2v) is 3.36. The van der Waals surface area contributed by atoms with E-state index in [0.717, 1.165) is 5.56 Å². The third kappa shape index (κ3) is 1.95. The number of aromatic nitrogens is 1. The zero-order valence-corrected chi connectivity index (χ0v) is 8.77. The molecule has 1 aromatic carbocycles. The highest BCUT2D eigenvalue weighted by Crippen LogP contribution is 2.28. The molecule has 0 atom stereocenters. The fourth-order valence-corrected chi connectivity index (χ4v) is 1.29. The summed E-state index contributed by atoms with van der Waals surface area (Å²) in [6, 6.07) is 8.04. The van der Waals surface area contributed by atoms with Crippen molar-refractivity contribution in [1.29, 1.82) is 0 Å². The van der Waals surface area contributed by atoms with Crippen LogP contribution in [0.3, 0.4) is 0 Å². The van der Waals surface area contributed by atoms with E-state index in [1.807, 2.05) is 6.92 Å². The number of halogens is 1. The summed E-state index contributed by atoms with van der Waals surface area (Å²) in [7, 11) is 0. The van der Waals surface area contributed by atoms with Gasteiger partial charge in [0.25, 0.3) is 5.88 Å². The minimum absolute atomic E-state index is 0.0452. The van der Waals surface area contributed by atoms with Crippen LogP contribution in [0.5, 0.6) is 11.6 Å². The number of anilines is 1. The number of hydrogen-bond acceptors (Lipinski definition) is 3. The summed E-state index contributed by atoms with van der Waals surface area (Å²) >= 11 is 0. The second-order valence-electron chi connectivity index (χ2n) is 3.36. The number of nitrogen functional groups attached to an aromatic ring is 1. The first-order valence-electron chi connectivity index (χ1n) is 4.82. The van der Waals surface area contributed by atoms with E-state index >= 15 is 0 Å². The van der Waals surface area contributed by atoms with Crippen molar-refractivity contribution in [2.75, 3.05) is 5.73 Å². The third-order valence-corrected chi connectivity index (χ3v) is 2.26. The molecule has 16 heavy (non-hydrogen) atoms. The Hall–Kier alpha value is -2.10. The fourth-order valence-electron chi connectivity index (χ4n) is 1.29. The molecule has 2 aromatic rings. The standard InChI is InChI=1S/C12H11FN2O/c1-8-10(14)5-2-6-11(8)16-12-9(13)4-3-7-15-12/h2-7H,14H2,1H3. The van der Waals surface area contributed by atoms with Crippen LogP contribution in [-0.2, 0) is 0 Å². The molecule has 1 heterocycles. The molecule has 0 bridgehead atoms. The van der Waals surface area contributed by atoms with Gasteiger partial charge >= 0.3 is 0 Å². The van der Waals surface area contributed by atoms with E-state index in [-0.39, 0.29) is 5.88 Å². The molecule has 0 spiro atoms. The Morgan fingerprint density at radius 1 is 1.25 bits per heavy atom. The summed E-state index contributed by atoms with van der Waals surface area (Å²) in [5, 5.41) is 0. The molecule has 3 nitrogen and oxygen atoms in total. The lowest BCUT2D eigenvalue weighted by molar-refractivity contribution is 0.420. The lowest BCUT2D eigenvalue weighted by atomic mass is 10.2. The van der Waals surface area contributed by atoms with Crippen molar-refractivity contribution in [3.05, 3.63) is 47.9 Å². The Morgan fingerprint density at radius 3 is 2.81 bits per heavy atom. The lowest BCUT2D eigenvalue weighted by Gasteiger charge is -2.09. The quantitative estimate of drug-likeness (QED) is 0.788. The summed E-state index contributed by atoms with van der Waals surface area (Å²) in [5.74, 6) is -0.0295. The molecule has 0 aliphatic rings. The van der Waals surface area contributed by atoms with Gasteiger partial charge in [0.15, 0.2) is 5.82 Å². The van der Waals surface area contributed by atoms with Gasteiger partial charge in [-0.15, -0.1) is 0 Å². The van der Waals surface area contributed by atoms with E-state index in [9.17, 15) is 4.39 Å². The molecule has 82 valence electrons. The van der Waals surface area contributed by atoms with Gasteiger partial charge in [-0.2, -0.15) is 0 Å². The van der Waals surface area contributed by atoms with Gasteiger partial charge in [-0.1, -0.05) is 6.07 Å². The molecule has 0 amide bonds. The maximum atomic E-state index is 13.3. The van der Waals surface area contributed by atoms with Gasteiger partial charge in [0.05, 0.1) is 0 Å². The van der Waals surface area contributed by atoms with Crippen molar-refractivity contribution < 1.29 is 9.13 Å². The first kappa shape index (κ1) is 10.4. The zero-order chi connectivity index (χ0) is 11.5. The van der Waals surface area contributed by atoms with Crippen molar-refractivity contribution in [1.82, 2.24) is 4.98 Å². The molecule has 4 heteroatoms. The minimum Gasteiger partial charge on any atom is -0.436 e. The summed E-state index contributed by atoms with van der Waals surface area (Å²) in [4.78, 5) is 3.81. The van der Waals surface area contributed by atoms with E-state index in [1.165, 1.54) is 18.3 Å². The molecule has 0 radical (unpaired) electrons. The molecule has 0 saturated heterocycles. The minimum atomic E-state index is -0.496. The van der Waals surface area contributed by atoms with Gasteiger partial charge in [-0.05, 0) is 31.2 Å². The largest absolute Gasteiger partial charge is 0.436 e. The zero-order valence-electron chi connectivity index (χ0n) is 8.77. The van der Waals surface area contributed by atoms with Gasteiger partial charge in [0.2, 0.25) is 0 Å². The average molecular weight is 218 g/mol. The fraction of sp³-hybridized carbons (Fsp3) is 0.0833. The van der Waals surface area contributed by atoms with E-state index < -0.39 is 5.82 Å². The maximum Gasteiger partial charge on any atom is 0.255 e. The van der Waals surface area contributed by atoms with Crippen LogP contribution in [0, 0.1) is 12.7 Å². The van der Waals surface area contributed by atoms with Crippen LogP contribution in [0.15, 0.2) is 36.5 Å². The molecule has 0 aliphatic carbocycles. The summed E-state index contributed by atoms with van der Waals surface area (Å²) < 4.78 is 18.6. The van der Waals surface area contributed by atoms with Crippen LogP contribution in [0.2, 0.25) is 0 Å². The Labute approximate surface area is 92.7 Å². The molecule has 2 N–H and O–H groups in total. The van der Waals surface area contributed by atoms with Gasteiger partial charge < -0.3 is 10.5 Å². The van der Waals surface area contributed by atoms with Crippen molar-refractivity contribution in [2.24, 2.45) is 0 Å². The molecular weight excluding hydrogens is 207 g/mol. The first-order chi connectivity index (χ1) is 7.68. The van der Waals surface area contributed by atoms with E-state index in [4.69, 9.17) is 10.5 Å². The van der Waals surface area contributed by atoms with Gasteiger partial charge in [-0.3, -0.25) is 0 Å². The highest BCUT2D eigenvalue weighted by atomic mass is 19.1. The molecule has 0 fully saturated rings. The van der Waals surface area contributed by atoms with Crippen LogP contribution < -0.4 is 10.5 Å². The lowest BCUT2D eigenvalue weighted by Crippen LogP contribution is -1.96. The number of nitrogens with two attached hydrogens (primary N) is 1. The monoisotopic (exact) mass is 218 g/mol. The van der Waals surface area contributed by atoms with Gasteiger partial charge in [0.1, 0.15) is 5.75 Å². The number of ether oxygens (including phenoxy) is 1. The van der Waals surface area contributed by atoms with E-state index in [1.54, 1.807) is 18.2 Å². The molecule has 0 unspecified atom stereocenters. The number of nitrogens with zero attached hydrogens (tertiary/aromatic N) is 1. The average Bonchev–Trinajstić information content (AvgIpc) is 2.28. The number of pyridine rings is 1. The smallest absolute Gasteiger partial charge is 0.255 e. The molecule has 2 rings (SSSR count). The van der Waals surface area contributed by atoms with E-state index in [0.29, 0.717) is 11.4 Å². The predicted octanol–water partition coefficient (Wildman–Crippen LogP) is 2.90. The van der Waals surface area contributed by atoms with Crippen molar-refractivity contribution in [3.63, 3.8) is 0 Å².